The van der Waals surface area contributed by atoms with Crippen LogP contribution in [-0.4, -0.2) is 41.5 Å². The van der Waals surface area contributed by atoms with Crippen LogP contribution in [0, 0.1) is 5.95 Å². The molecule has 0 spiro atoms. The van der Waals surface area contributed by atoms with Crippen molar-refractivity contribution in [3.63, 3.8) is 0 Å². The summed E-state index contributed by atoms with van der Waals surface area (Å²) >= 11 is 0. The Bertz CT molecular complexity index is 449. The van der Waals surface area contributed by atoms with Gasteiger partial charge in [-0.3, -0.25) is 9.59 Å². The Morgan fingerprint density at radius 3 is 2.67 bits per heavy atom. The van der Waals surface area contributed by atoms with Crippen LogP contribution in [0.2, 0.25) is 0 Å². The first-order valence-electron chi connectivity index (χ1n) is 5.45. The molecule has 18 heavy (non-hydrogen) atoms. The Hall–Kier alpha value is -1.98. The van der Waals surface area contributed by atoms with Crippen molar-refractivity contribution in [2.45, 2.75) is 19.9 Å². The molecule has 0 aliphatic heterocycles. The van der Waals surface area contributed by atoms with E-state index in [-0.39, 0.29) is 18.2 Å². The van der Waals surface area contributed by atoms with Crippen molar-refractivity contribution in [2.75, 3.05) is 13.7 Å². The molecule has 0 unspecified atom stereocenters. The van der Waals surface area contributed by atoms with Crippen molar-refractivity contribution < 1.29 is 18.7 Å². The van der Waals surface area contributed by atoms with Crippen molar-refractivity contribution in [2.24, 2.45) is 0 Å². The van der Waals surface area contributed by atoms with Crippen molar-refractivity contribution in [3.05, 3.63) is 29.8 Å². The molecule has 0 saturated carbocycles. The number of carbonyl (C=O) groups is 2. The lowest BCUT2D eigenvalue weighted by atomic mass is 10.2. The summed E-state index contributed by atoms with van der Waals surface area (Å²) in [4.78, 5) is 28.0. The van der Waals surface area contributed by atoms with Crippen LogP contribution < -0.4 is 0 Å². The fourth-order valence-electron chi connectivity index (χ4n) is 1.39. The molecule has 0 aliphatic rings. The van der Waals surface area contributed by atoms with E-state index < -0.39 is 17.8 Å². The lowest BCUT2D eigenvalue weighted by Crippen LogP contribution is -2.41. The number of methoxy groups -OCH3 is 1. The van der Waals surface area contributed by atoms with Gasteiger partial charge < -0.3 is 9.64 Å². The first-order valence-corrected chi connectivity index (χ1v) is 5.45. The molecule has 0 bridgehead atoms. The van der Waals surface area contributed by atoms with Crippen LogP contribution in [0.25, 0.3) is 0 Å². The van der Waals surface area contributed by atoms with E-state index in [1.54, 1.807) is 13.8 Å². The number of halogens is 1. The monoisotopic (exact) mass is 254 g/mol. The summed E-state index contributed by atoms with van der Waals surface area (Å²) < 4.78 is 17.9. The minimum atomic E-state index is -0.849. The van der Waals surface area contributed by atoms with E-state index in [4.69, 9.17) is 0 Å². The van der Waals surface area contributed by atoms with Gasteiger partial charge in [-0.2, -0.15) is 4.39 Å². The average Bonchev–Trinajstić information content (AvgIpc) is 2.35. The van der Waals surface area contributed by atoms with Gasteiger partial charge in [0.15, 0.2) is 0 Å². The molecule has 1 amide bonds. The van der Waals surface area contributed by atoms with Gasteiger partial charge in [-0.25, -0.2) is 4.98 Å². The number of rotatable bonds is 4. The van der Waals surface area contributed by atoms with Gasteiger partial charge in [0.05, 0.1) is 12.7 Å². The summed E-state index contributed by atoms with van der Waals surface area (Å²) in [6.07, 6.45) is 1.26. The summed E-state index contributed by atoms with van der Waals surface area (Å²) in [5.41, 5.74) is -0.157. The maximum absolute atomic E-state index is 13.4. The minimum Gasteiger partial charge on any atom is -0.468 e. The summed E-state index contributed by atoms with van der Waals surface area (Å²) in [6.45, 7) is 3.24. The third-order valence-corrected chi connectivity index (χ3v) is 2.40. The van der Waals surface area contributed by atoms with Crippen molar-refractivity contribution in [1.29, 1.82) is 0 Å². The Balaban J connectivity index is 2.97. The molecule has 1 aromatic heterocycles. The van der Waals surface area contributed by atoms with E-state index in [0.717, 1.165) is 0 Å². The second-order valence-corrected chi connectivity index (χ2v) is 3.94. The zero-order chi connectivity index (χ0) is 13.7. The smallest absolute Gasteiger partial charge is 0.325 e. The van der Waals surface area contributed by atoms with E-state index >= 15 is 0 Å². The highest BCUT2D eigenvalue weighted by molar-refractivity contribution is 5.96. The van der Waals surface area contributed by atoms with Gasteiger partial charge in [0, 0.05) is 12.2 Å². The zero-order valence-electron chi connectivity index (χ0n) is 10.5. The first-order chi connectivity index (χ1) is 8.47. The number of aromatic nitrogens is 1. The van der Waals surface area contributed by atoms with Crippen LogP contribution >= 0.6 is 0 Å². The number of nitrogens with zero attached hydrogens (tertiary/aromatic N) is 2. The maximum atomic E-state index is 13.4. The molecule has 0 saturated heterocycles. The van der Waals surface area contributed by atoms with Gasteiger partial charge in [0.2, 0.25) is 5.95 Å². The minimum absolute atomic E-state index is 0.157. The van der Waals surface area contributed by atoms with Crippen LogP contribution in [0.5, 0.6) is 0 Å². The normalized spacial score (nSPS) is 10.3. The highest BCUT2D eigenvalue weighted by Crippen LogP contribution is 2.10. The topological polar surface area (TPSA) is 59.5 Å². The predicted octanol–water partition coefficient (Wildman–Crippen LogP) is 1.24. The molecule has 0 aliphatic carbocycles. The number of esters is 1. The Labute approximate surface area is 105 Å². The zero-order valence-corrected chi connectivity index (χ0v) is 10.5. The summed E-state index contributed by atoms with van der Waals surface area (Å²) in [7, 11) is 1.23. The molecule has 0 radical (unpaired) electrons. The molecule has 0 N–H and O–H groups in total. The molecular formula is C12H15FN2O3. The second kappa shape index (κ2) is 6.09. The van der Waals surface area contributed by atoms with Crippen molar-refractivity contribution in [1.82, 2.24) is 9.88 Å². The van der Waals surface area contributed by atoms with Gasteiger partial charge in [-0.15, -0.1) is 0 Å². The molecule has 1 aromatic rings. The SMILES string of the molecule is COC(=O)CN(C(=O)c1cccnc1F)C(C)C. The Morgan fingerprint density at radius 2 is 2.17 bits per heavy atom. The molecule has 0 fully saturated rings. The number of hydrogen-bond donors (Lipinski definition) is 0. The average molecular weight is 254 g/mol. The number of ether oxygens (including phenoxy) is 1. The molecule has 0 atom stereocenters. The van der Waals surface area contributed by atoms with E-state index in [2.05, 4.69) is 9.72 Å². The molecule has 6 heteroatoms. The van der Waals surface area contributed by atoms with Gasteiger partial charge in [-0.05, 0) is 26.0 Å². The van der Waals surface area contributed by atoms with Gasteiger partial charge >= 0.3 is 5.97 Å². The molecule has 1 rings (SSSR count). The van der Waals surface area contributed by atoms with E-state index in [9.17, 15) is 14.0 Å². The Morgan fingerprint density at radius 1 is 1.50 bits per heavy atom. The fraction of sp³-hybridized carbons (Fsp3) is 0.417. The lowest BCUT2D eigenvalue weighted by Gasteiger charge is -2.25. The van der Waals surface area contributed by atoms with Crippen LogP contribution in [0.4, 0.5) is 4.39 Å². The fourth-order valence-corrected chi connectivity index (χ4v) is 1.39. The van der Waals surface area contributed by atoms with Crippen LogP contribution in [0.15, 0.2) is 18.3 Å². The number of hydrogen-bond acceptors (Lipinski definition) is 4. The Kier molecular flexibility index (Phi) is 4.76. The maximum Gasteiger partial charge on any atom is 0.325 e. The predicted molar refractivity (Wildman–Crippen MR) is 62.4 cm³/mol. The third-order valence-electron chi connectivity index (χ3n) is 2.40. The lowest BCUT2D eigenvalue weighted by molar-refractivity contribution is -0.141. The highest BCUT2D eigenvalue weighted by atomic mass is 19.1. The van der Waals surface area contributed by atoms with E-state index in [1.165, 1.54) is 30.3 Å². The summed E-state index contributed by atoms with van der Waals surface area (Å²) in [5, 5.41) is 0. The standard InChI is InChI=1S/C12H15FN2O3/c1-8(2)15(7-10(16)18-3)12(17)9-5-4-6-14-11(9)13/h4-6,8H,7H2,1-3H3. The summed E-state index contributed by atoms with van der Waals surface area (Å²) in [6, 6.07) is 2.54. The van der Waals surface area contributed by atoms with Crippen molar-refractivity contribution in [3.8, 4) is 0 Å². The van der Waals surface area contributed by atoms with Gasteiger partial charge in [0.25, 0.3) is 5.91 Å². The van der Waals surface area contributed by atoms with Crippen LogP contribution in [0.1, 0.15) is 24.2 Å². The van der Waals surface area contributed by atoms with Crippen LogP contribution in [0.3, 0.4) is 0 Å². The number of amides is 1. The van der Waals surface area contributed by atoms with Crippen molar-refractivity contribution >= 4 is 11.9 Å². The highest BCUT2D eigenvalue weighted by Gasteiger charge is 2.24. The largest absolute Gasteiger partial charge is 0.468 e. The second-order valence-electron chi connectivity index (χ2n) is 3.94. The van der Waals surface area contributed by atoms with E-state index in [1.807, 2.05) is 0 Å². The van der Waals surface area contributed by atoms with E-state index in [0.29, 0.717) is 0 Å². The number of pyridine rings is 1. The quantitative estimate of drug-likeness (QED) is 0.599. The third kappa shape index (κ3) is 3.26. The van der Waals surface area contributed by atoms with Gasteiger partial charge in [0.1, 0.15) is 6.54 Å². The molecule has 0 aromatic carbocycles. The molecule has 98 valence electrons. The van der Waals surface area contributed by atoms with Crippen LogP contribution in [-0.2, 0) is 9.53 Å². The molecule has 1 heterocycles. The molecule has 5 nitrogen and oxygen atoms in total. The number of carbonyl (C=O) groups excluding carboxylic acids is 2. The first kappa shape index (κ1) is 14.1. The summed E-state index contributed by atoms with van der Waals surface area (Å²) in [5.74, 6) is -1.99. The van der Waals surface area contributed by atoms with Gasteiger partial charge in [-0.1, -0.05) is 0 Å². The molecular weight excluding hydrogens is 239 g/mol.